The minimum Gasteiger partial charge on any atom is -0.303 e. The summed E-state index contributed by atoms with van der Waals surface area (Å²) in [5.74, 6) is 1.08. The lowest BCUT2D eigenvalue weighted by Crippen LogP contribution is -2.40. The summed E-state index contributed by atoms with van der Waals surface area (Å²) in [6.45, 7) is 6.11. The van der Waals surface area contributed by atoms with Crippen molar-refractivity contribution in [1.29, 1.82) is 0 Å². The molecule has 1 nitrogen and oxygen atoms in total. The van der Waals surface area contributed by atoms with Crippen molar-refractivity contribution in [3.05, 3.63) is 0 Å². The van der Waals surface area contributed by atoms with Gasteiger partial charge in [-0.05, 0) is 62.2 Å². The number of thiol groups is 1. The zero-order valence-corrected chi connectivity index (χ0v) is 12.0. The molecule has 2 fully saturated rings. The van der Waals surface area contributed by atoms with Gasteiger partial charge in [0.15, 0.2) is 0 Å². The van der Waals surface area contributed by atoms with Crippen LogP contribution in [-0.2, 0) is 0 Å². The third-order valence-electron chi connectivity index (χ3n) is 4.81. The van der Waals surface area contributed by atoms with Gasteiger partial charge in [0.1, 0.15) is 0 Å². The van der Waals surface area contributed by atoms with Crippen LogP contribution in [0.15, 0.2) is 0 Å². The van der Waals surface area contributed by atoms with Crippen LogP contribution in [0.1, 0.15) is 52.4 Å². The van der Waals surface area contributed by atoms with Gasteiger partial charge in [0, 0.05) is 12.6 Å². The van der Waals surface area contributed by atoms with Crippen LogP contribution in [0.4, 0.5) is 0 Å². The molecule has 0 aliphatic heterocycles. The summed E-state index contributed by atoms with van der Waals surface area (Å²) >= 11 is 4.50. The minimum atomic E-state index is 0.588. The van der Waals surface area contributed by atoms with Gasteiger partial charge >= 0.3 is 0 Å². The van der Waals surface area contributed by atoms with Crippen LogP contribution >= 0.6 is 12.6 Å². The molecule has 0 aromatic carbocycles. The highest BCUT2D eigenvalue weighted by molar-refractivity contribution is 7.80. The van der Waals surface area contributed by atoms with Gasteiger partial charge in [-0.15, -0.1) is 0 Å². The standard InChI is InChI=1S/C14H27NS/c1-13(2)6-4-12(5-7-13)15(3)10-14(11-16)8-9-14/h12,16H,4-11H2,1-3H3. The molecule has 0 N–H and O–H groups in total. The summed E-state index contributed by atoms with van der Waals surface area (Å²) in [7, 11) is 2.33. The van der Waals surface area contributed by atoms with Gasteiger partial charge in [0.2, 0.25) is 0 Å². The monoisotopic (exact) mass is 241 g/mol. The van der Waals surface area contributed by atoms with Crippen LogP contribution in [0.25, 0.3) is 0 Å². The van der Waals surface area contributed by atoms with Crippen LogP contribution in [-0.4, -0.2) is 30.3 Å². The summed E-state index contributed by atoms with van der Waals surface area (Å²) in [5.41, 5.74) is 1.18. The zero-order valence-electron chi connectivity index (χ0n) is 11.1. The van der Waals surface area contributed by atoms with Crippen LogP contribution in [0, 0.1) is 10.8 Å². The quantitative estimate of drug-likeness (QED) is 0.736. The smallest absolute Gasteiger partial charge is 0.00928 e. The van der Waals surface area contributed by atoms with Crippen molar-refractivity contribution in [2.24, 2.45) is 10.8 Å². The predicted molar refractivity (Wildman–Crippen MR) is 74.2 cm³/mol. The first-order valence-corrected chi connectivity index (χ1v) is 7.41. The molecule has 2 aliphatic rings. The number of hydrogen-bond acceptors (Lipinski definition) is 2. The average molecular weight is 241 g/mol. The topological polar surface area (TPSA) is 3.24 Å². The van der Waals surface area contributed by atoms with Crippen molar-refractivity contribution in [3.8, 4) is 0 Å². The lowest BCUT2D eigenvalue weighted by atomic mass is 9.75. The molecule has 0 bridgehead atoms. The first kappa shape index (κ1) is 12.8. The molecule has 2 aliphatic carbocycles. The van der Waals surface area contributed by atoms with E-state index < -0.39 is 0 Å². The fourth-order valence-electron chi connectivity index (χ4n) is 3.03. The fraction of sp³-hybridized carbons (Fsp3) is 1.00. The van der Waals surface area contributed by atoms with Crippen molar-refractivity contribution in [2.45, 2.75) is 58.4 Å². The third-order valence-corrected chi connectivity index (χ3v) is 5.48. The maximum absolute atomic E-state index is 4.50. The lowest BCUT2D eigenvalue weighted by Gasteiger charge is -2.39. The second-order valence-electron chi connectivity index (χ2n) is 6.97. The van der Waals surface area contributed by atoms with E-state index in [9.17, 15) is 0 Å². The summed E-state index contributed by atoms with van der Waals surface area (Å²) in [6.07, 6.45) is 8.39. The Hall–Kier alpha value is 0.310. The molecule has 0 radical (unpaired) electrons. The van der Waals surface area contributed by atoms with E-state index >= 15 is 0 Å². The maximum Gasteiger partial charge on any atom is 0.00928 e. The summed E-state index contributed by atoms with van der Waals surface area (Å²) < 4.78 is 0. The molecule has 2 rings (SSSR count). The van der Waals surface area contributed by atoms with Crippen molar-refractivity contribution in [1.82, 2.24) is 4.90 Å². The number of hydrogen-bond donors (Lipinski definition) is 1. The molecule has 0 amide bonds. The van der Waals surface area contributed by atoms with E-state index in [2.05, 4.69) is 38.4 Å². The van der Waals surface area contributed by atoms with E-state index in [0.717, 1.165) is 11.8 Å². The normalized spacial score (nSPS) is 28.3. The van der Waals surface area contributed by atoms with E-state index in [1.165, 1.54) is 45.1 Å². The molecule has 0 heterocycles. The molecule has 2 heteroatoms. The van der Waals surface area contributed by atoms with E-state index in [4.69, 9.17) is 0 Å². The SMILES string of the molecule is CN(CC1(CS)CC1)C1CCC(C)(C)CC1. The first-order chi connectivity index (χ1) is 7.46. The van der Waals surface area contributed by atoms with Gasteiger partial charge < -0.3 is 4.90 Å². The average Bonchev–Trinajstić information content (AvgIpc) is 2.98. The van der Waals surface area contributed by atoms with Crippen LogP contribution < -0.4 is 0 Å². The van der Waals surface area contributed by atoms with Gasteiger partial charge in [0.25, 0.3) is 0 Å². The van der Waals surface area contributed by atoms with Gasteiger partial charge in [0.05, 0.1) is 0 Å². The van der Waals surface area contributed by atoms with E-state index in [1.54, 1.807) is 0 Å². The third kappa shape index (κ3) is 2.95. The van der Waals surface area contributed by atoms with Gasteiger partial charge in [-0.1, -0.05) is 13.8 Å². The Morgan fingerprint density at radius 3 is 2.12 bits per heavy atom. The van der Waals surface area contributed by atoms with Crippen molar-refractivity contribution < 1.29 is 0 Å². The summed E-state index contributed by atoms with van der Waals surface area (Å²) in [4.78, 5) is 2.62. The summed E-state index contributed by atoms with van der Waals surface area (Å²) in [5, 5.41) is 0. The molecule has 16 heavy (non-hydrogen) atoms. The van der Waals surface area contributed by atoms with E-state index in [0.29, 0.717) is 10.8 Å². The van der Waals surface area contributed by atoms with Gasteiger partial charge in [-0.25, -0.2) is 0 Å². The van der Waals surface area contributed by atoms with Gasteiger partial charge in [-0.3, -0.25) is 0 Å². The minimum absolute atomic E-state index is 0.588. The number of rotatable bonds is 4. The molecule has 0 aromatic heterocycles. The molecule has 0 saturated heterocycles. The predicted octanol–water partition coefficient (Wildman–Crippen LogP) is 3.60. The van der Waals surface area contributed by atoms with Crippen LogP contribution in [0.3, 0.4) is 0 Å². The van der Waals surface area contributed by atoms with Crippen LogP contribution in [0.5, 0.6) is 0 Å². The maximum atomic E-state index is 4.50. The van der Waals surface area contributed by atoms with Crippen molar-refractivity contribution in [3.63, 3.8) is 0 Å². The molecule has 0 aromatic rings. The zero-order chi connectivity index (χ0) is 11.8. The van der Waals surface area contributed by atoms with Crippen molar-refractivity contribution >= 4 is 12.6 Å². The number of nitrogens with zero attached hydrogens (tertiary/aromatic N) is 1. The Balaban J connectivity index is 1.80. The molecule has 2 saturated carbocycles. The fourth-order valence-corrected chi connectivity index (χ4v) is 3.44. The van der Waals surface area contributed by atoms with Gasteiger partial charge in [-0.2, -0.15) is 12.6 Å². The lowest BCUT2D eigenvalue weighted by molar-refractivity contribution is 0.114. The first-order valence-electron chi connectivity index (χ1n) is 6.78. The highest BCUT2D eigenvalue weighted by atomic mass is 32.1. The second kappa shape index (κ2) is 4.53. The molecule has 0 atom stereocenters. The Kier molecular flexibility index (Phi) is 3.61. The van der Waals surface area contributed by atoms with E-state index in [-0.39, 0.29) is 0 Å². The Labute approximate surface area is 106 Å². The second-order valence-corrected chi connectivity index (χ2v) is 7.28. The Bertz CT molecular complexity index is 235. The molecule has 94 valence electrons. The van der Waals surface area contributed by atoms with E-state index in [1.807, 2.05) is 0 Å². The Morgan fingerprint density at radius 1 is 1.12 bits per heavy atom. The molecule has 0 spiro atoms. The highest BCUT2D eigenvalue weighted by Gasteiger charge is 2.43. The largest absolute Gasteiger partial charge is 0.303 e. The molecular formula is C14H27NS. The molecule has 0 unspecified atom stereocenters. The van der Waals surface area contributed by atoms with Crippen LogP contribution in [0.2, 0.25) is 0 Å². The summed E-state index contributed by atoms with van der Waals surface area (Å²) in [6, 6.07) is 0.838. The molecular weight excluding hydrogens is 214 g/mol. The van der Waals surface area contributed by atoms with Crippen molar-refractivity contribution in [2.75, 3.05) is 19.3 Å². The Morgan fingerprint density at radius 2 is 1.69 bits per heavy atom. The highest BCUT2D eigenvalue weighted by Crippen LogP contribution is 2.48.